The van der Waals surface area contributed by atoms with Gasteiger partial charge in [-0.2, -0.15) is 12.5 Å². The molecule has 0 saturated heterocycles. The number of benzene rings is 2. The molecule has 2 aromatic carbocycles. The van der Waals surface area contributed by atoms with E-state index in [1.807, 2.05) is 20.8 Å². The molecule has 1 aliphatic rings. The van der Waals surface area contributed by atoms with Crippen LogP contribution in [0.1, 0.15) is 38.3 Å². The molecule has 0 unspecified atom stereocenters. The molecular formula is C23H30N2Ti. The molecule has 0 atom stereocenters. The summed E-state index contributed by atoms with van der Waals surface area (Å²) >= 11 is 0. The Balaban J connectivity index is 0.000000501. The molecule has 0 saturated carbocycles. The Bertz CT molecular complexity index is 789. The summed E-state index contributed by atoms with van der Waals surface area (Å²) in [7, 11) is 4.21. The average molecular weight is 382 g/mol. The van der Waals surface area contributed by atoms with Gasteiger partial charge in [0.15, 0.2) is 0 Å². The second-order valence-corrected chi connectivity index (χ2v) is 7.95. The van der Waals surface area contributed by atoms with Crippen LogP contribution in [0.3, 0.4) is 0 Å². The first-order valence-electron chi connectivity index (χ1n) is 8.78. The molecule has 0 radical (unpaired) electrons. The van der Waals surface area contributed by atoms with Crippen LogP contribution in [0.15, 0.2) is 54.1 Å². The van der Waals surface area contributed by atoms with Gasteiger partial charge in [-0.15, -0.1) is 28.6 Å². The average Bonchev–Trinajstić information content (AvgIpc) is 2.93. The van der Waals surface area contributed by atoms with E-state index in [9.17, 15) is 0 Å². The largest absolute Gasteiger partial charge is 2.00 e. The number of nitrogens with zero attached hydrogens (tertiary/aromatic N) is 1. The molecule has 1 N–H and O–H groups in total. The van der Waals surface area contributed by atoms with Gasteiger partial charge < -0.3 is 10.6 Å². The Morgan fingerprint density at radius 1 is 1.08 bits per heavy atom. The SMILES string of the molecule is CC(C)(C)[NH-].[CH2-]c1c(C2=CC(CN(C)C)=CC2)ccc2ccccc12.[Ti+2]. The standard InChI is InChI=1S/C19H20N.C4H10N.Ti/c1-14-18-7-5-4-6-16(18)10-11-19(14)17-9-8-15(12-17)13-20(2)3;1-4(2,3)5;/h4-8,10-12H,1,9,13H2,2-3H3;5H,1-3H3;/q2*-1;+2. The Morgan fingerprint density at radius 3 is 2.31 bits per heavy atom. The smallest absolute Gasteiger partial charge is 0.673 e. The first-order valence-corrected chi connectivity index (χ1v) is 8.78. The predicted molar refractivity (Wildman–Crippen MR) is 112 cm³/mol. The minimum Gasteiger partial charge on any atom is -0.673 e. The van der Waals surface area contributed by atoms with Crippen LogP contribution in [0.2, 0.25) is 0 Å². The van der Waals surface area contributed by atoms with Crippen LogP contribution in [0, 0.1) is 6.92 Å². The van der Waals surface area contributed by atoms with Crippen LogP contribution < -0.4 is 0 Å². The maximum absolute atomic E-state index is 6.94. The molecule has 26 heavy (non-hydrogen) atoms. The summed E-state index contributed by atoms with van der Waals surface area (Å²) in [6, 6.07) is 12.9. The van der Waals surface area contributed by atoms with Crippen molar-refractivity contribution in [3.05, 3.63) is 77.9 Å². The molecule has 0 fully saturated rings. The van der Waals surface area contributed by atoms with E-state index in [1.165, 1.54) is 27.5 Å². The van der Waals surface area contributed by atoms with Crippen molar-refractivity contribution in [2.24, 2.45) is 0 Å². The van der Waals surface area contributed by atoms with Crippen LogP contribution in [0.5, 0.6) is 0 Å². The van der Waals surface area contributed by atoms with Crippen LogP contribution in [0.4, 0.5) is 0 Å². The fourth-order valence-corrected chi connectivity index (χ4v) is 2.88. The summed E-state index contributed by atoms with van der Waals surface area (Å²) in [5, 5.41) is 2.52. The molecule has 0 aliphatic heterocycles. The molecule has 2 aromatic rings. The zero-order valence-corrected chi connectivity index (χ0v) is 18.2. The van der Waals surface area contributed by atoms with Gasteiger partial charge in [0.2, 0.25) is 0 Å². The molecular weight excluding hydrogens is 352 g/mol. The number of allylic oxidation sites excluding steroid dienone is 2. The van der Waals surface area contributed by atoms with Gasteiger partial charge in [-0.05, 0) is 26.1 Å². The number of nitrogens with one attached hydrogen (secondary N) is 1. The van der Waals surface area contributed by atoms with Crippen molar-refractivity contribution in [1.82, 2.24) is 4.90 Å². The fraction of sp³-hybridized carbons (Fsp3) is 0.348. The predicted octanol–water partition coefficient (Wildman–Crippen LogP) is 6.13. The molecule has 0 heterocycles. The molecule has 0 amide bonds. The Kier molecular flexibility index (Phi) is 8.37. The zero-order valence-electron chi connectivity index (χ0n) is 16.7. The molecule has 0 bridgehead atoms. The van der Waals surface area contributed by atoms with Crippen molar-refractivity contribution in [3.8, 4) is 0 Å². The van der Waals surface area contributed by atoms with Gasteiger partial charge in [0.25, 0.3) is 0 Å². The van der Waals surface area contributed by atoms with E-state index in [0.717, 1.165) is 18.5 Å². The second-order valence-electron chi connectivity index (χ2n) is 7.95. The van der Waals surface area contributed by atoms with Gasteiger partial charge in [-0.1, -0.05) is 68.1 Å². The quantitative estimate of drug-likeness (QED) is 0.463. The van der Waals surface area contributed by atoms with Crippen molar-refractivity contribution < 1.29 is 21.7 Å². The number of hydrogen-bond donors (Lipinski definition) is 0. The Morgan fingerprint density at radius 2 is 1.69 bits per heavy atom. The zero-order chi connectivity index (χ0) is 18.6. The van der Waals surface area contributed by atoms with Crippen molar-refractivity contribution in [3.63, 3.8) is 0 Å². The fourth-order valence-electron chi connectivity index (χ4n) is 2.88. The summed E-state index contributed by atoms with van der Waals surface area (Å²) in [5.41, 5.74) is 11.9. The summed E-state index contributed by atoms with van der Waals surface area (Å²) < 4.78 is 0. The van der Waals surface area contributed by atoms with E-state index >= 15 is 0 Å². The molecule has 0 aromatic heterocycles. The summed E-state index contributed by atoms with van der Waals surface area (Å²) in [6.07, 6.45) is 5.66. The summed E-state index contributed by atoms with van der Waals surface area (Å²) in [5.74, 6) is 0. The third-order valence-corrected chi connectivity index (χ3v) is 3.83. The number of rotatable bonds is 3. The first-order chi connectivity index (χ1) is 11.6. The number of fused-ring (bicyclic) bond motifs is 1. The molecule has 3 heteroatoms. The van der Waals surface area contributed by atoms with Gasteiger partial charge >= 0.3 is 21.7 Å². The van der Waals surface area contributed by atoms with E-state index in [-0.39, 0.29) is 27.3 Å². The molecule has 2 nitrogen and oxygen atoms in total. The van der Waals surface area contributed by atoms with Crippen molar-refractivity contribution in [2.75, 3.05) is 20.6 Å². The van der Waals surface area contributed by atoms with Crippen molar-refractivity contribution in [1.29, 1.82) is 0 Å². The van der Waals surface area contributed by atoms with Crippen LogP contribution in [-0.4, -0.2) is 31.1 Å². The van der Waals surface area contributed by atoms with Gasteiger partial charge in [0.05, 0.1) is 0 Å². The maximum Gasteiger partial charge on any atom is 2.00 e. The van der Waals surface area contributed by atoms with Gasteiger partial charge in [-0.3, -0.25) is 0 Å². The second kappa shape index (κ2) is 9.57. The minimum absolute atomic E-state index is 0. The number of likely N-dealkylation sites (N-methyl/N-ethyl adjacent to an activating group) is 1. The van der Waals surface area contributed by atoms with Gasteiger partial charge in [-0.25, -0.2) is 0 Å². The summed E-state index contributed by atoms with van der Waals surface area (Å²) in [4.78, 5) is 2.21. The Labute approximate surface area is 174 Å². The maximum atomic E-state index is 6.94. The van der Waals surface area contributed by atoms with Crippen LogP contribution in [0.25, 0.3) is 22.1 Å². The van der Waals surface area contributed by atoms with Gasteiger partial charge in [0.1, 0.15) is 0 Å². The van der Waals surface area contributed by atoms with Crippen molar-refractivity contribution >= 4 is 16.3 Å². The third kappa shape index (κ3) is 6.77. The van der Waals surface area contributed by atoms with Crippen molar-refractivity contribution in [2.45, 2.75) is 32.7 Å². The number of hydrogen-bond acceptors (Lipinski definition) is 1. The first kappa shape index (κ1) is 22.7. The minimum atomic E-state index is -0.250. The monoisotopic (exact) mass is 382 g/mol. The molecule has 3 rings (SSSR count). The normalized spacial score (nSPS) is 13.7. The van der Waals surface area contributed by atoms with E-state index in [1.54, 1.807) is 0 Å². The molecule has 136 valence electrons. The molecule has 1 aliphatic carbocycles. The van der Waals surface area contributed by atoms with E-state index in [4.69, 9.17) is 5.73 Å². The van der Waals surface area contributed by atoms with Crippen LogP contribution >= 0.6 is 0 Å². The topological polar surface area (TPSA) is 27.0 Å². The summed E-state index contributed by atoms with van der Waals surface area (Å²) in [6.45, 7) is 10.9. The molecule has 0 spiro atoms. The van der Waals surface area contributed by atoms with E-state index < -0.39 is 0 Å². The van der Waals surface area contributed by atoms with Crippen LogP contribution in [-0.2, 0) is 21.7 Å². The van der Waals surface area contributed by atoms with E-state index in [2.05, 4.69) is 74.5 Å². The van der Waals surface area contributed by atoms with E-state index in [0.29, 0.717) is 0 Å². The Hall–Kier alpha value is -1.32. The van der Waals surface area contributed by atoms with Gasteiger partial charge in [0, 0.05) is 6.54 Å². The third-order valence-electron chi connectivity index (χ3n) is 3.83.